The molecule has 0 bridgehead atoms. The second kappa shape index (κ2) is 4.94. The minimum absolute atomic E-state index is 0.128. The van der Waals surface area contributed by atoms with Crippen LogP contribution in [-0.2, 0) is 11.2 Å². The van der Waals surface area contributed by atoms with E-state index in [1.807, 2.05) is 29.6 Å². The lowest BCUT2D eigenvalue weighted by molar-refractivity contribution is -0.116. The first-order valence-electron chi connectivity index (χ1n) is 6.24. The molecule has 0 fully saturated rings. The standard InChI is InChI=1S/C15H15NOS/c17-15-10-12(11-4-2-1-3-5-11)6-7-14-13(16-15)8-9-18-14/h1-5,8-9,12H,6-7,10H2,(H,16,17)/t12-/m0/s1. The van der Waals surface area contributed by atoms with Crippen LogP contribution in [0.5, 0.6) is 0 Å². The van der Waals surface area contributed by atoms with E-state index in [9.17, 15) is 4.79 Å². The van der Waals surface area contributed by atoms with Gasteiger partial charge in [-0.1, -0.05) is 30.3 Å². The Morgan fingerprint density at radius 2 is 2.00 bits per heavy atom. The molecule has 1 aliphatic heterocycles. The average molecular weight is 257 g/mol. The molecule has 92 valence electrons. The van der Waals surface area contributed by atoms with E-state index in [1.165, 1.54) is 10.4 Å². The summed E-state index contributed by atoms with van der Waals surface area (Å²) in [6.07, 6.45) is 2.68. The van der Waals surface area contributed by atoms with Gasteiger partial charge >= 0.3 is 0 Å². The van der Waals surface area contributed by atoms with Gasteiger partial charge in [-0.2, -0.15) is 0 Å². The number of rotatable bonds is 1. The molecule has 1 aliphatic rings. The van der Waals surface area contributed by atoms with E-state index in [-0.39, 0.29) is 5.91 Å². The summed E-state index contributed by atoms with van der Waals surface area (Å²) in [5.41, 5.74) is 2.28. The Hall–Kier alpha value is -1.61. The molecule has 3 heteroatoms. The fourth-order valence-electron chi connectivity index (χ4n) is 2.49. The van der Waals surface area contributed by atoms with Gasteiger partial charge in [-0.15, -0.1) is 11.3 Å². The molecule has 1 atom stereocenters. The maximum Gasteiger partial charge on any atom is 0.225 e. The summed E-state index contributed by atoms with van der Waals surface area (Å²) < 4.78 is 0. The lowest BCUT2D eigenvalue weighted by atomic mass is 9.89. The number of fused-ring (bicyclic) bond motifs is 1. The highest BCUT2D eigenvalue weighted by Gasteiger charge is 2.20. The van der Waals surface area contributed by atoms with Crippen LogP contribution in [0.25, 0.3) is 0 Å². The summed E-state index contributed by atoms with van der Waals surface area (Å²) >= 11 is 1.73. The van der Waals surface area contributed by atoms with Crippen molar-refractivity contribution in [3.8, 4) is 0 Å². The van der Waals surface area contributed by atoms with Crippen LogP contribution >= 0.6 is 11.3 Å². The van der Waals surface area contributed by atoms with Crippen LogP contribution in [0.15, 0.2) is 41.8 Å². The molecule has 0 spiro atoms. The third-order valence-electron chi connectivity index (χ3n) is 3.44. The smallest absolute Gasteiger partial charge is 0.225 e. The van der Waals surface area contributed by atoms with E-state index >= 15 is 0 Å². The van der Waals surface area contributed by atoms with Gasteiger partial charge in [-0.05, 0) is 35.8 Å². The Morgan fingerprint density at radius 1 is 1.17 bits per heavy atom. The average Bonchev–Trinajstić information content (AvgIpc) is 2.80. The predicted molar refractivity (Wildman–Crippen MR) is 75.1 cm³/mol. The zero-order valence-electron chi connectivity index (χ0n) is 10.1. The maximum absolute atomic E-state index is 12.0. The van der Waals surface area contributed by atoms with Crippen molar-refractivity contribution in [1.82, 2.24) is 0 Å². The molecule has 0 radical (unpaired) electrons. The molecule has 1 aromatic heterocycles. The van der Waals surface area contributed by atoms with Crippen molar-refractivity contribution >= 4 is 22.9 Å². The van der Waals surface area contributed by atoms with Gasteiger partial charge in [-0.3, -0.25) is 4.79 Å². The number of carbonyl (C=O) groups is 1. The van der Waals surface area contributed by atoms with Gasteiger partial charge in [-0.25, -0.2) is 0 Å². The Kier molecular flexibility index (Phi) is 3.15. The van der Waals surface area contributed by atoms with Crippen LogP contribution < -0.4 is 5.32 Å². The van der Waals surface area contributed by atoms with Gasteiger partial charge in [0, 0.05) is 11.3 Å². The largest absolute Gasteiger partial charge is 0.325 e. The molecule has 1 amide bonds. The van der Waals surface area contributed by atoms with E-state index in [1.54, 1.807) is 11.3 Å². The molecule has 3 rings (SSSR count). The number of thiophene rings is 1. The highest BCUT2D eigenvalue weighted by atomic mass is 32.1. The highest BCUT2D eigenvalue weighted by molar-refractivity contribution is 7.10. The summed E-state index contributed by atoms with van der Waals surface area (Å²) in [7, 11) is 0. The van der Waals surface area contributed by atoms with Gasteiger partial charge < -0.3 is 5.32 Å². The van der Waals surface area contributed by atoms with Gasteiger partial charge in [0.1, 0.15) is 0 Å². The van der Waals surface area contributed by atoms with Crippen molar-refractivity contribution in [2.24, 2.45) is 0 Å². The Labute approximate surface area is 111 Å². The molecular weight excluding hydrogens is 242 g/mol. The molecule has 0 aliphatic carbocycles. The molecule has 2 heterocycles. The second-order valence-electron chi connectivity index (χ2n) is 4.66. The Morgan fingerprint density at radius 3 is 2.83 bits per heavy atom. The zero-order chi connectivity index (χ0) is 12.4. The van der Waals surface area contributed by atoms with Crippen LogP contribution in [0.3, 0.4) is 0 Å². The Balaban J connectivity index is 1.86. The van der Waals surface area contributed by atoms with Gasteiger partial charge in [0.2, 0.25) is 5.91 Å². The molecule has 18 heavy (non-hydrogen) atoms. The minimum Gasteiger partial charge on any atom is -0.325 e. The second-order valence-corrected chi connectivity index (χ2v) is 5.66. The maximum atomic E-state index is 12.0. The number of aryl methyl sites for hydroxylation is 1. The number of carbonyl (C=O) groups excluding carboxylic acids is 1. The van der Waals surface area contributed by atoms with Crippen molar-refractivity contribution in [2.75, 3.05) is 5.32 Å². The zero-order valence-corrected chi connectivity index (χ0v) is 10.9. The first kappa shape index (κ1) is 11.5. The molecule has 2 aromatic rings. The number of anilines is 1. The monoisotopic (exact) mass is 257 g/mol. The van der Waals surface area contributed by atoms with E-state index in [0.29, 0.717) is 12.3 Å². The summed E-state index contributed by atoms with van der Waals surface area (Å²) in [6.45, 7) is 0. The number of amides is 1. The quantitative estimate of drug-likeness (QED) is 0.827. The summed E-state index contributed by atoms with van der Waals surface area (Å²) in [5.74, 6) is 0.463. The normalized spacial score (nSPS) is 19.6. The Bertz CT molecular complexity index is 547. The van der Waals surface area contributed by atoms with Crippen molar-refractivity contribution < 1.29 is 4.79 Å². The highest BCUT2D eigenvalue weighted by Crippen LogP contribution is 2.32. The SMILES string of the molecule is O=C1C[C@@H](c2ccccc2)CCc2sccc2N1. The van der Waals surface area contributed by atoms with Gasteiger partial charge in [0.15, 0.2) is 0 Å². The first-order valence-corrected chi connectivity index (χ1v) is 7.12. The summed E-state index contributed by atoms with van der Waals surface area (Å²) in [6, 6.07) is 12.3. The predicted octanol–water partition coefficient (Wildman–Crippen LogP) is 3.81. The molecule has 0 unspecified atom stereocenters. The van der Waals surface area contributed by atoms with Crippen LogP contribution in [-0.4, -0.2) is 5.91 Å². The number of hydrogen-bond donors (Lipinski definition) is 1. The van der Waals surface area contributed by atoms with Crippen LogP contribution in [0.1, 0.15) is 29.2 Å². The third-order valence-corrected chi connectivity index (χ3v) is 4.42. The molecule has 2 nitrogen and oxygen atoms in total. The molecule has 0 saturated heterocycles. The van der Waals surface area contributed by atoms with Crippen molar-refractivity contribution in [3.05, 3.63) is 52.2 Å². The lowest BCUT2D eigenvalue weighted by Crippen LogP contribution is -2.18. The van der Waals surface area contributed by atoms with Crippen molar-refractivity contribution in [3.63, 3.8) is 0 Å². The summed E-state index contributed by atoms with van der Waals surface area (Å²) in [4.78, 5) is 13.3. The first-order chi connectivity index (χ1) is 8.83. The number of benzene rings is 1. The van der Waals surface area contributed by atoms with E-state index < -0.39 is 0 Å². The molecule has 0 saturated carbocycles. The van der Waals surface area contributed by atoms with Crippen LogP contribution in [0.4, 0.5) is 5.69 Å². The van der Waals surface area contributed by atoms with E-state index in [0.717, 1.165) is 18.5 Å². The van der Waals surface area contributed by atoms with Crippen LogP contribution in [0.2, 0.25) is 0 Å². The van der Waals surface area contributed by atoms with Gasteiger partial charge in [0.05, 0.1) is 5.69 Å². The van der Waals surface area contributed by atoms with E-state index in [2.05, 4.69) is 17.4 Å². The van der Waals surface area contributed by atoms with Crippen LogP contribution in [0, 0.1) is 0 Å². The minimum atomic E-state index is 0.128. The van der Waals surface area contributed by atoms with Gasteiger partial charge in [0.25, 0.3) is 0 Å². The van der Waals surface area contributed by atoms with Crippen molar-refractivity contribution in [2.45, 2.75) is 25.2 Å². The van der Waals surface area contributed by atoms with E-state index in [4.69, 9.17) is 0 Å². The molecule has 1 N–H and O–H groups in total. The van der Waals surface area contributed by atoms with Crippen molar-refractivity contribution in [1.29, 1.82) is 0 Å². The fraction of sp³-hybridized carbons (Fsp3) is 0.267. The molecular formula is C15H15NOS. The number of hydrogen-bond acceptors (Lipinski definition) is 2. The summed E-state index contributed by atoms with van der Waals surface area (Å²) in [5, 5.41) is 5.06. The fourth-order valence-corrected chi connectivity index (χ4v) is 3.34. The third kappa shape index (κ3) is 2.31. The number of nitrogens with one attached hydrogen (secondary N) is 1. The topological polar surface area (TPSA) is 29.1 Å². The lowest BCUT2D eigenvalue weighted by Gasteiger charge is -2.20. The molecule has 1 aromatic carbocycles.